The van der Waals surface area contributed by atoms with Crippen molar-refractivity contribution in [3.8, 4) is 5.75 Å². The molecule has 3 aromatic rings. The van der Waals surface area contributed by atoms with Crippen LogP contribution in [-0.2, 0) is 0 Å². The normalized spacial score (nSPS) is 10.2. The lowest BCUT2D eigenvalue weighted by molar-refractivity contribution is 0.0948. The second-order valence-electron chi connectivity index (χ2n) is 5.43. The van der Waals surface area contributed by atoms with Gasteiger partial charge in [0.05, 0.1) is 23.4 Å². The maximum atomic E-state index is 12.4. The van der Waals surface area contributed by atoms with E-state index in [-0.39, 0.29) is 11.8 Å². The van der Waals surface area contributed by atoms with Crippen LogP contribution in [0.15, 0.2) is 71.4 Å². The third-order valence-electron chi connectivity index (χ3n) is 3.60. The van der Waals surface area contributed by atoms with Gasteiger partial charge >= 0.3 is 0 Å². The smallest absolute Gasteiger partial charge is 0.256 e. The number of para-hydroxylation sites is 2. The third kappa shape index (κ3) is 4.70. The van der Waals surface area contributed by atoms with Crippen molar-refractivity contribution in [1.82, 2.24) is 5.32 Å². The Morgan fingerprint density at radius 1 is 0.923 bits per heavy atom. The van der Waals surface area contributed by atoms with Crippen molar-refractivity contribution < 1.29 is 14.3 Å². The quantitative estimate of drug-likeness (QED) is 0.625. The molecule has 1 heterocycles. The maximum Gasteiger partial charge on any atom is 0.256 e. The van der Waals surface area contributed by atoms with Crippen LogP contribution >= 0.6 is 11.3 Å². The fraction of sp³-hybridized carbons (Fsp3) is 0.100. The van der Waals surface area contributed by atoms with E-state index >= 15 is 0 Å². The van der Waals surface area contributed by atoms with Gasteiger partial charge < -0.3 is 15.4 Å². The molecule has 6 heteroatoms. The fourth-order valence-corrected chi connectivity index (χ4v) is 2.96. The van der Waals surface area contributed by atoms with Crippen LogP contribution in [0.25, 0.3) is 0 Å². The number of carbonyl (C=O) groups is 2. The van der Waals surface area contributed by atoms with Gasteiger partial charge in [0, 0.05) is 5.38 Å². The van der Waals surface area contributed by atoms with Crippen molar-refractivity contribution >= 4 is 28.8 Å². The molecule has 26 heavy (non-hydrogen) atoms. The first kappa shape index (κ1) is 17.7. The fourth-order valence-electron chi connectivity index (χ4n) is 2.32. The summed E-state index contributed by atoms with van der Waals surface area (Å²) >= 11 is 1.45. The van der Waals surface area contributed by atoms with Crippen LogP contribution in [0.1, 0.15) is 20.7 Å². The van der Waals surface area contributed by atoms with E-state index in [1.165, 1.54) is 11.3 Å². The van der Waals surface area contributed by atoms with Gasteiger partial charge in [-0.2, -0.15) is 11.3 Å². The summed E-state index contributed by atoms with van der Waals surface area (Å²) in [5.74, 6) is 0.256. The summed E-state index contributed by atoms with van der Waals surface area (Å²) in [5.41, 5.74) is 1.46. The first-order valence-corrected chi connectivity index (χ1v) is 9.07. The number of hydrogen-bond acceptors (Lipinski definition) is 4. The van der Waals surface area contributed by atoms with Gasteiger partial charge in [-0.1, -0.05) is 30.3 Å². The number of anilines is 1. The molecule has 0 spiro atoms. The van der Waals surface area contributed by atoms with Gasteiger partial charge in [-0.15, -0.1) is 0 Å². The molecule has 0 aliphatic carbocycles. The van der Waals surface area contributed by atoms with Gasteiger partial charge in [0.15, 0.2) is 0 Å². The molecule has 0 bridgehead atoms. The van der Waals surface area contributed by atoms with E-state index in [0.29, 0.717) is 30.0 Å². The molecule has 0 aliphatic rings. The zero-order chi connectivity index (χ0) is 18.2. The van der Waals surface area contributed by atoms with Gasteiger partial charge in [-0.05, 0) is 35.7 Å². The summed E-state index contributed by atoms with van der Waals surface area (Å²) in [7, 11) is 0. The van der Waals surface area contributed by atoms with Crippen LogP contribution in [0.5, 0.6) is 5.75 Å². The molecular formula is C20H18N2O3S. The molecule has 132 valence electrons. The molecule has 0 saturated heterocycles. The molecule has 3 rings (SSSR count). The minimum absolute atomic E-state index is 0.237. The molecule has 0 saturated carbocycles. The summed E-state index contributed by atoms with van der Waals surface area (Å²) in [6, 6.07) is 18.1. The van der Waals surface area contributed by atoms with Crippen molar-refractivity contribution in [2.75, 3.05) is 18.5 Å². The largest absolute Gasteiger partial charge is 0.492 e. The molecule has 2 amide bonds. The molecule has 1 aromatic heterocycles. The minimum Gasteiger partial charge on any atom is -0.492 e. The molecule has 2 N–H and O–H groups in total. The number of ether oxygens (including phenoxy) is 1. The highest BCUT2D eigenvalue weighted by Crippen LogP contribution is 2.17. The number of hydrogen-bond donors (Lipinski definition) is 2. The molecule has 0 unspecified atom stereocenters. The Morgan fingerprint density at radius 3 is 2.46 bits per heavy atom. The first-order chi connectivity index (χ1) is 12.7. The van der Waals surface area contributed by atoms with Crippen molar-refractivity contribution in [1.29, 1.82) is 0 Å². The Hall–Kier alpha value is -3.12. The Bertz CT molecular complexity index is 864. The van der Waals surface area contributed by atoms with E-state index in [9.17, 15) is 9.59 Å². The summed E-state index contributed by atoms with van der Waals surface area (Å²) in [6.07, 6.45) is 0. The Kier molecular flexibility index (Phi) is 6.01. The van der Waals surface area contributed by atoms with E-state index in [1.54, 1.807) is 35.7 Å². The average molecular weight is 366 g/mol. The van der Waals surface area contributed by atoms with E-state index in [2.05, 4.69) is 10.6 Å². The molecular weight excluding hydrogens is 348 g/mol. The van der Waals surface area contributed by atoms with Gasteiger partial charge in [0.25, 0.3) is 11.8 Å². The lowest BCUT2D eigenvalue weighted by Crippen LogP contribution is -2.29. The van der Waals surface area contributed by atoms with Crippen molar-refractivity contribution in [2.24, 2.45) is 0 Å². The second kappa shape index (κ2) is 8.82. The van der Waals surface area contributed by atoms with Crippen LogP contribution < -0.4 is 15.4 Å². The summed E-state index contributed by atoms with van der Waals surface area (Å²) in [6.45, 7) is 0.722. The minimum atomic E-state index is -0.261. The highest BCUT2D eigenvalue weighted by molar-refractivity contribution is 7.08. The number of carbonyl (C=O) groups excluding carboxylic acids is 2. The zero-order valence-electron chi connectivity index (χ0n) is 14.0. The SMILES string of the molecule is O=C(Nc1ccccc1C(=O)NCCOc1ccccc1)c1ccsc1. The Labute approximate surface area is 155 Å². The van der Waals surface area contributed by atoms with E-state index < -0.39 is 0 Å². The number of benzene rings is 2. The second-order valence-corrected chi connectivity index (χ2v) is 6.21. The van der Waals surface area contributed by atoms with Gasteiger partial charge in [0.1, 0.15) is 12.4 Å². The highest BCUT2D eigenvalue weighted by atomic mass is 32.1. The van der Waals surface area contributed by atoms with E-state index in [4.69, 9.17) is 4.74 Å². The van der Waals surface area contributed by atoms with Crippen LogP contribution in [-0.4, -0.2) is 25.0 Å². The van der Waals surface area contributed by atoms with Crippen LogP contribution in [0.3, 0.4) is 0 Å². The topological polar surface area (TPSA) is 67.4 Å². The van der Waals surface area contributed by atoms with Crippen LogP contribution in [0, 0.1) is 0 Å². The van der Waals surface area contributed by atoms with Crippen molar-refractivity contribution in [3.63, 3.8) is 0 Å². The van der Waals surface area contributed by atoms with E-state index in [0.717, 1.165) is 5.75 Å². The van der Waals surface area contributed by atoms with E-state index in [1.807, 2.05) is 35.7 Å². The summed E-state index contributed by atoms with van der Waals surface area (Å²) < 4.78 is 5.55. The standard InChI is InChI=1S/C20H18N2O3S/c23-19(15-10-13-26-14-15)22-18-9-5-4-8-17(18)20(24)21-11-12-25-16-6-2-1-3-7-16/h1-10,13-14H,11-12H2,(H,21,24)(H,22,23). The molecule has 5 nitrogen and oxygen atoms in total. The number of thiophene rings is 1. The molecule has 2 aromatic carbocycles. The van der Waals surface area contributed by atoms with Crippen LogP contribution in [0.4, 0.5) is 5.69 Å². The number of rotatable bonds is 7. The number of nitrogens with one attached hydrogen (secondary N) is 2. The van der Waals surface area contributed by atoms with Gasteiger partial charge in [-0.25, -0.2) is 0 Å². The summed E-state index contributed by atoms with van der Waals surface area (Å²) in [5, 5.41) is 9.19. The monoisotopic (exact) mass is 366 g/mol. The van der Waals surface area contributed by atoms with Gasteiger partial charge in [-0.3, -0.25) is 9.59 Å². The van der Waals surface area contributed by atoms with Crippen molar-refractivity contribution in [2.45, 2.75) is 0 Å². The molecule has 0 radical (unpaired) electrons. The lowest BCUT2D eigenvalue weighted by atomic mass is 10.1. The molecule has 0 atom stereocenters. The zero-order valence-corrected chi connectivity index (χ0v) is 14.8. The number of amides is 2. The molecule has 0 aliphatic heterocycles. The first-order valence-electron chi connectivity index (χ1n) is 8.12. The van der Waals surface area contributed by atoms with Gasteiger partial charge in [0.2, 0.25) is 0 Å². The van der Waals surface area contributed by atoms with Crippen LogP contribution in [0.2, 0.25) is 0 Å². The predicted octanol–water partition coefficient (Wildman–Crippen LogP) is 3.81. The Morgan fingerprint density at radius 2 is 1.69 bits per heavy atom. The van der Waals surface area contributed by atoms with Crippen molar-refractivity contribution in [3.05, 3.63) is 82.6 Å². The lowest BCUT2D eigenvalue weighted by Gasteiger charge is -2.11. The average Bonchev–Trinajstić information content (AvgIpc) is 3.21. The third-order valence-corrected chi connectivity index (χ3v) is 4.29. The molecule has 0 fully saturated rings. The Balaban J connectivity index is 1.56. The highest BCUT2D eigenvalue weighted by Gasteiger charge is 2.14. The predicted molar refractivity (Wildman–Crippen MR) is 103 cm³/mol. The summed E-state index contributed by atoms with van der Waals surface area (Å²) in [4.78, 5) is 24.6. The maximum absolute atomic E-state index is 12.4.